The molecule has 10 rings (SSSR count). The molecule has 0 aliphatic carbocycles. The first-order valence-electron chi connectivity index (χ1n) is 28.3. The van der Waals surface area contributed by atoms with Gasteiger partial charge < -0.3 is 50.9 Å². The Bertz CT molecular complexity index is 3630. The molecular weight excluding hydrogens is 1200 g/mol. The number of amides is 1. The van der Waals surface area contributed by atoms with Gasteiger partial charge in [-0.1, -0.05) is 77.9 Å². The molecule has 4 aliphatic rings. The summed E-state index contributed by atoms with van der Waals surface area (Å²) in [5.41, 5.74) is 2.00. The molecule has 2 aromatic carbocycles. The van der Waals surface area contributed by atoms with Crippen molar-refractivity contribution < 1.29 is 60.2 Å². The summed E-state index contributed by atoms with van der Waals surface area (Å²) >= 11 is 12.4. The highest BCUT2D eigenvalue weighted by Gasteiger charge is 2.57. The number of hydrogen-bond donors (Lipinski definition) is 1. The van der Waals surface area contributed by atoms with E-state index in [1.54, 1.807) is 45.9 Å². The average Bonchev–Trinajstić information content (AvgIpc) is 1.67. The molecule has 2 unspecified atom stereocenters. The zero-order valence-electron chi connectivity index (χ0n) is 49.3. The van der Waals surface area contributed by atoms with Crippen molar-refractivity contribution >= 4 is 93.6 Å². The van der Waals surface area contributed by atoms with Crippen LogP contribution in [0, 0.1) is 6.57 Å². The molecule has 8 heterocycles. The lowest BCUT2D eigenvalue weighted by molar-refractivity contribution is -0.0618. The fourth-order valence-corrected chi connectivity index (χ4v) is 16.3. The van der Waals surface area contributed by atoms with Crippen molar-refractivity contribution in [2.45, 2.75) is 153 Å². The Labute approximate surface area is 506 Å². The maximum Gasteiger partial charge on any atom is 0.338 e. The topological polar surface area (TPSA) is 238 Å². The molecule has 3 fully saturated rings. The lowest BCUT2D eigenvalue weighted by Crippen LogP contribution is -2.50. The second kappa shape index (κ2) is 25.0. The number of aryl methyl sites for hydroxylation is 2. The molecule has 456 valence electrons. The summed E-state index contributed by atoms with van der Waals surface area (Å²) in [6.45, 7) is 19.8. The van der Waals surface area contributed by atoms with Crippen molar-refractivity contribution in [2.75, 3.05) is 44.4 Å². The molecule has 10 atom stereocenters. The molecule has 23 nitrogen and oxygen atoms in total. The smallest absolute Gasteiger partial charge is 0.338 e. The lowest BCUT2D eigenvalue weighted by atomic mass is 10.1. The quantitative estimate of drug-likeness (QED) is 0.0331. The van der Waals surface area contributed by atoms with Crippen molar-refractivity contribution in [1.82, 2.24) is 33.6 Å². The van der Waals surface area contributed by atoms with Gasteiger partial charge >= 0.3 is 19.4 Å². The first-order valence-corrected chi connectivity index (χ1v) is 39.2. The fraction of sp³-hybridized carbons (Fsp3) is 0.536. The summed E-state index contributed by atoms with van der Waals surface area (Å²) < 4.78 is 72.4. The summed E-state index contributed by atoms with van der Waals surface area (Å²) in [4.78, 5) is 77.4. The minimum absolute atomic E-state index is 0.0132. The number of aromatic nitrogens is 7. The van der Waals surface area contributed by atoms with Gasteiger partial charge in [-0.2, -0.15) is 0 Å². The Balaban J connectivity index is 1.02. The van der Waals surface area contributed by atoms with Crippen molar-refractivity contribution in [3.63, 3.8) is 0 Å². The van der Waals surface area contributed by atoms with E-state index < -0.39 is 90.7 Å². The number of carbonyl (C=O) groups excluding carboxylic acids is 2. The van der Waals surface area contributed by atoms with Gasteiger partial charge in [0.05, 0.1) is 37.1 Å². The van der Waals surface area contributed by atoms with E-state index in [1.165, 1.54) is 23.5 Å². The van der Waals surface area contributed by atoms with E-state index in [4.69, 9.17) is 90.8 Å². The van der Waals surface area contributed by atoms with Gasteiger partial charge in [-0.15, -0.1) is 0 Å². The SMILES string of the molecule is [C-]#[N+]CCOP1(=S)OC[C@H]2O[C@@H](n3cc4c5c(ncnc53)N(C(=O)c3ccccc3)CCC4)[C@H](O[Si](C)(C)C(C)(C)C)[C@@H]2OP(O)(=S)OC[C@H]2O[C@@H](n3cnc4c(=O)n(CCCOC(=O)c5ccccc5)cnc43)[C@H](O1)[C@@H]2O[Si](C)(C)C(C)(C)C. The zero-order valence-corrected chi connectivity index (χ0v) is 54.7. The molecule has 1 N–H and O–H groups in total. The third-order valence-corrected chi connectivity index (χ3v) is 29.6. The molecule has 6 aromatic rings. The predicted octanol–water partition coefficient (Wildman–Crippen LogP) is 9.65. The third-order valence-electron chi connectivity index (χ3n) is 16.7. The van der Waals surface area contributed by atoms with Crippen LogP contribution >= 0.6 is 13.4 Å². The monoisotopic (exact) mass is 1280 g/mol. The molecule has 4 aliphatic heterocycles. The van der Waals surface area contributed by atoms with Crippen molar-refractivity contribution in [3.05, 3.63) is 124 Å². The number of rotatable bonds is 15. The number of benzene rings is 2. The second-order valence-corrected chi connectivity index (χ2v) is 39.8. The van der Waals surface area contributed by atoms with E-state index in [1.807, 2.05) is 35.0 Å². The molecule has 2 bridgehead atoms. The van der Waals surface area contributed by atoms with Crippen LogP contribution in [0.4, 0.5) is 5.82 Å². The fourth-order valence-electron chi connectivity index (χ4n) is 10.2. The number of esters is 1. The van der Waals surface area contributed by atoms with Crippen LogP contribution in [0.1, 0.15) is 93.1 Å². The standard InChI is InChI=1S/C56H73N9O14P2S2Si2/c1-55(2,3)84(8,9)78-44-40-31-72-80(69,82)76-43-39(74-53(46(43)79-85(10,11)56(4,5)6)64-30-38-24-18-27-63(47-41(38)48(64)59-33-58-47)50(66)36-20-14-12-15-21-36)32-73-81(83,71-29-25-57-7)77-45(44)52(75-40)65-35-60-42-49(65)61-34-62(51(42)67)26-19-28-70-54(68)37-22-16-13-17-23-37/h12-17,20-23,30,33-35,39-40,43-46,52-53H,18-19,24-29,31-32H2,1-6,8-11H3,(H,69,82)/t39-,40-,43-,44-,45-,46-,52-,53-,80?,81?/m1/s1. The van der Waals surface area contributed by atoms with Crippen LogP contribution < -0.4 is 10.5 Å². The lowest BCUT2D eigenvalue weighted by Gasteiger charge is -2.41. The van der Waals surface area contributed by atoms with E-state index in [9.17, 15) is 19.3 Å². The van der Waals surface area contributed by atoms with Crippen molar-refractivity contribution in [2.24, 2.45) is 0 Å². The summed E-state index contributed by atoms with van der Waals surface area (Å²) in [6, 6.07) is 17.7. The van der Waals surface area contributed by atoms with Crippen LogP contribution in [0.15, 0.2) is 90.6 Å². The highest BCUT2D eigenvalue weighted by molar-refractivity contribution is 8.07. The number of fused-ring (bicyclic) bond motifs is 4. The molecule has 1 amide bonds. The van der Waals surface area contributed by atoms with E-state index in [0.29, 0.717) is 53.8 Å². The first-order chi connectivity index (χ1) is 40.2. The Morgan fingerprint density at radius 3 is 2.13 bits per heavy atom. The van der Waals surface area contributed by atoms with Gasteiger partial charge in [-0.25, -0.2) is 31.3 Å². The first kappa shape index (κ1) is 63.2. The molecular formula is C56H73N9O14P2S2Si2. The predicted molar refractivity (Wildman–Crippen MR) is 329 cm³/mol. The molecule has 85 heavy (non-hydrogen) atoms. The second-order valence-electron chi connectivity index (χ2n) is 24.5. The normalized spacial score (nSPS) is 26.9. The van der Waals surface area contributed by atoms with E-state index in [-0.39, 0.29) is 66.7 Å². The molecule has 0 radical (unpaired) electrons. The summed E-state index contributed by atoms with van der Waals surface area (Å²) in [7, 11) is -5.58. The van der Waals surface area contributed by atoms with Crippen molar-refractivity contribution in [1.29, 1.82) is 0 Å². The van der Waals surface area contributed by atoms with E-state index in [0.717, 1.165) is 5.56 Å². The molecule has 4 aromatic heterocycles. The van der Waals surface area contributed by atoms with Crippen LogP contribution in [0.5, 0.6) is 0 Å². The number of carbonyl (C=O) groups is 2. The summed E-state index contributed by atoms with van der Waals surface area (Å²) in [5.74, 6) is -0.212. The number of nitrogens with zero attached hydrogens (tertiary/aromatic N) is 9. The van der Waals surface area contributed by atoms with Gasteiger partial charge in [-0.05, 0) is 109 Å². The number of ether oxygens (including phenoxy) is 3. The highest BCUT2D eigenvalue weighted by atomic mass is 32.5. The van der Waals surface area contributed by atoms with Gasteiger partial charge in [0, 0.05) is 24.8 Å². The summed E-state index contributed by atoms with van der Waals surface area (Å²) in [6.07, 6.45) is -1.05. The van der Waals surface area contributed by atoms with Crippen molar-refractivity contribution in [3.8, 4) is 0 Å². The van der Waals surface area contributed by atoms with Crippen LogP contribution in [0.2, 0.25) is 36.3 Å². The Morgan fingerprint density at radius 2 is 1.45 bits per heavy atom. The van der Waals surface area contributed by atoms with Crippen LogP contribution in [0.25, 0.3) is 27.0 Å². The number of imidazole rings is 1. The Kier molecular flexibility index (Phi) is 18.6. The van der Waals surface area contributed by atoms with E-state index >= 15 is 0 Å². The third kappa shape index (κ3) is 13.3. The van der Waals surface area contributed by atoms with Gasteiger partial charge in [0.25, 0.3) is 11.5 Å². The number of anilines is 1. The van der Waals surface area contributed by atoms with Gasteiger partial charge in [0.1, 0.15) is 67.4 Å². The zero-order chi connectivity index (χ0) is 60.9. The van der Waals surface area contributed by atoms with Crippen LogP contribution in [-0.4, -0.2) is 143 Å². The Morgan fingerprint density at radius 1 is 0.788 bits per heavy atom. The van der Waals surface area contributed by atoms with Gasteiger partial charge in [-0.3, -0.25) is 32.7 Å². The highest BCUT2D eigenvalue weighted by Crippen LogP contribution is 2.58. The largest absolute Gasteiger partial charge is 0.462 e. The van der Waals surface area contributed by atoms with E-state index in [2.05, 4.69) is 77.6 Å². The number of hydrogen-bond acceptors (Lipinski definition) is 19. The molecule has 29 heteroatoms. The van der Waals surface area contributed by atoms with Gasteiger partial charge in [0.2, 0.25) is 6.54 Å². The molecule has 0 spiro atoms. The minimum atomic E-state index is -4.34. The maximum atomic E-state index is 14.2. The van der Waals surface area contributed by atoms with Gasteiger partial charge in [0.15, 0.2) is 40.3 Å². The van der Waals surface area contributed by atoms with Crippen LogP contribution in [-0.2, 0) is 82.3 Å². The molecule has 3 saturated heterocycles. The van der Waals surface area contributed by atoms with Crippen LogP contribution in [0.3, 0.4) is 0 Å². The summed E-state index contributed by atoms with van der Waals surface area (Å²) in [5, 5.41) is -0.0127. The average molecular weight is 1280 g/mol. The molecule has 0 saturated carbocycles. The Hall–Kier alpha value is -4.83. The maximum absolute atomic E-state index is 14.2. The minimum Gasteiger partial charge on any atom is -0.462 e.